The highest BCUT2D eigenvalue weighted by Crippen LogP contribution is 2.33. The van der Waals surface area contributed by atoms with Crippen molar-refractivity contribution < 1.29 is 31.5 Å². The zero-order valence-corrected chi connectivity index (χ0v) is 7.99. The first-order chi connectivity index (χ1) is 7.25. The van der Waals surface area contributed by atoms with Gasteiger partial charge >= 0.3 is 11.5 Å². The fraction of sp³-hybridized carbons (Fsp3) is 0.125. The molecule has 0 aliphatic heterocycles. The molecule has 0 fully saturated rings. The summed E-state index contributed by atoms with van der Waals surface area (Å²) in [5.74, 6) is -5.89. The van der Waals surface area contributed by atoms with Gasteiger partial charge in [-0.2, -0.15) is 8.78 Å². The summed E-state index contributed by atoms with van der Waals surface area (Å²) in [6, 6.07) is 0.511. The Kier molecular flexibility index (Phi) is 3.37. The maximum atomic E-state index is 12.9. The SMILES string of the molecule is O=C(Cl)OC(F)(F)c1ccc(F)c(F)c1F. The molecular formula is C8H2ClF5O2. The zero-order chi connectivity index (χ0) is 12.5. The standard InChI is InChI=1S/C8H2ClF5O2/c9-7(15)16-8(13,14)3-1-2-4(10)6(12)5(3)11/h1-2H. The normalized spacial score (nSPS) is 11.4. The largest absolute Gasteiger partial charge is 0.432 e. The first-order valence-corrected chi connectivity index (χ1v) is 4.03. The highest BCUT2D eigenvalue weighted by molar-refractivity contribution is 6.61. The van der Waals surface area contributed by atoms with E-state index in [1.165, 1.54) is 0 Å². The third-order valence-electron chi connectivity index (χ3n) is 1.56. The van der Waals surface area contributed by atoms with Gasteiger partial charge in [0.05, 0.1) is 0 Å². The lowest BCUT2D eigenvalue weighted by Crippen LogP contribution is -2.22. The van der Waals surface area contributed by atoms with E-state index in [4.69, 9.17) is 0 Å². The van der Waals surface area contributed by atoms with Crippen molar-refractivity contribution >= 4 is 17.0 Å². The fourth-order valence-corrected chi connectivity index (χ4v) is 1.00. The van der Waals surface area contributed by atoms with Crippen molar-refractivity contribution in [2.24, 2.45) is 0 Å². The van der Waals surface area contributed by atoms with Gasteiger partial charge in [0.25, 0.3) is 0 Å². The molecule has 0 aliphatic carbocycles. The summed E-state index contributed by atoms with van der Waals surface area (Å²) < 4.78 is 67.0. The van der Waals surface area contributed by atoms with Gasteiger partial charge in [0, 0.05) is 11.6 Å². The zero-order valence-electron chi connectivity index (χ0n) is 7.24. The first kappa shape index (κ1) is 12.7. The fourth-order valence-electron chi connectivity index (χ4n) is 0.906. The number of hydrogen-bond donors (Lipinski definition) is 0. The summed E-state index contributed by atoms with van der Waals surface area (Å²) in [6.07, 6.45) is -4.47. The molecule has 0 saturated carbocycles. The van der Waals surface area contributed by atoms with Crippen molar-refractivity contribution in [1.82, 2.24) is 0 Å². The number of rotatable bonds is 2. The molecule has 0 amide bonds. The molecule has 1 rings (SSSR count). The molecule has 16 heavy (non-hydrogen) atoms. The van der Waals surface area contributed by atoms with E-state index in [1.807, 2.05) is 0 Å². The van der Waals surface area contributed by atoms with Gasteiger partial charge in [-0.05, 0) is 12.1 Å². The smallest absolute Gasteiger partial charge is 0.384 e. The van der Waals surface area contributed by atoms with Crippen LogP contribution in [0, 0.1) is 17.5 Å². The molecule has 8 heteroatoms. The Balaban J connectivity index is 3.23. The third kappa shape index (κ3) is 2.41. The van der Waals surface area contributed by atoms with E-state index in [0.717, 1.165) is 0 Å². The average Bonchev–Trinajstić information content (AvgIpc) is 2.11. The topological polar surface area (TPSA) is 26.3 Å². The molecule has 0 radical (unpaired) electrons. The maximum absolute atomic E-state index is 12.9. The van der Waals surface area contributed by atoms with Gasteiger partial charge < -0.3 is 4.74 Å². The molecule has 0 bridgehead atoms. The Morgan fingerprint density at radius 2 is 1.75 bits per heavy atom. The molecule has 88 valence electrons. The van der Waals surface area contributed by atoms with Crippen molar-refractivity contribution in [1.29, 1.82) is 0 Å². The van der Waals surface area contributed by atoms with Gasteiger partial charge in [0.15, 0.2) is 17.5 Å². The van der Waals surface area contributed by atoms with E-state index in [-0.39, 0.29) is 12.1 Å². The summed E-state index contributed by atoms with van der Waals surface area (Å²) in [4.78, 5) is 10.1. The highest BCUT2D eigenvalue weighted by atomic mass is 35.5. The van der Waals surface area contributed by atoms with Crippen LogP contribution in [-0.4, -0.2) is 5.43 Å². The predicted molar refractivity (Wildman–Crippen MR) is 42.5 cm³/mol. The first-order valence-electron chi connectivity index (χ1n) is 3.66. The minimum atomic E-state index is -4.47. The number of carbonyl (C=O) groups excluding carboxylic acids is 1. The van der Waals surface area contributed by atoms with E-state index in [9.17, 15) is 26.7 Å². The highest BCUT2D eigenvalue weighted by Gasteiger charge is 2.40. The van der Waals surface area contributed by atoms with Gasteiger partial charge in [-0.15, -0.1) is 0 Å². The number of carbonyl (C=O) groups is 1. The summed E-state index contributed by atoms with van der Waals surface area (Å²) in [7, 11) is 0. The van der Waals surface area contributed by atoms with Gasteiger partial charge in [0.1, 0.15) is 5.56 Å². The number of alkyl halides is 2. The lowest BCUT2D eigenvalue weighted by atomic mass is 10.2. The van der Waals surface area contributed by atoms with Gasteiger partial charge in [-0.25, -0.2) is 18.0 Å². The van der Waals surface area contributed by atoms with Gasteiger partial charge in [-0.3, -0.25) is 0 Å². The van der Waals surface area contributed by atoms with Crippen molar-refractivity contribution in [2.45, 2.75) is 6.11 Å². The molecule has 1 aromatic rings. The van der Waals surface area contributed by atoms with Gasteiger partial charge in [0.2, 0.25) is 0 Å². The molecule has 1 aromatic carbocycles. The molecule has 0 N–H and O–H groups in total. The molecule has 0 spiro atoms. The molecule has 0 aliphatic rings. The van der Waals surface area contributed by atoms with Crippen molar-refractivity contribution in [3.63, 3.8) is 0 Å². The molecule has 0 heterocycles. The molecule has 0 aromatic heterocycles. The second-order valence-corrected chi connectivity index (χ2v) is 2.89. The Labute approximate surface area is 90.6 Å². The minimum absolute atomic E-state index is 0.244. The number of benzene rings is 1. The second kappa shape index (κ2) is 4.25. The Morgan fingerprint density at radius 3 is 2.25 bits per heavy atom. The summed E-state index contributed by atoms with van der Waals surface area (Å²) in [6.45, 7) is 0. The van der Waals surface area contributed by atoms with E-state index in [1.54, 1.807) is 0 Å². The number of hydrogen-bond acceptors (Lipinski definition) is 2. The number of halogens is 6. The molecular weight excluding hydrogens is 259 g/mol. The second-order valence-electron chi connectivity index (χ2n) is 2.58. The average molecular weight is 261 g/mol. The van der Waals surface area contributed by atoms with E-state index in [0.29, 0.717) is 0 Å². The Morgan fingerprint density at radius 1 is 1.19 bits per heavy atom. The summed E-state index contributed by atoms with van der Waals surface area (Å²) in [5, 5.41) is 0. The van der Waals surface area contributed by atoms with Gasteiger partial charge in [-0.1, -0.05) is 0 Å². The predicted octanol–water partition coefficient (Wildman–Crippen LogP) is 3.53. The summed E-state index contributed by atoms with van der Waals surface area (Å²) in [5.41, 5.74) is -3.53. The quantitative estimate of drug-likeness (QED) is 0.462. The lowest BCUT2D eigenvalue weighted by Gasteiger charge is -2.15. The maximum Gasteiger partial charge on any atom is 0.432 e. The van der Waals surface area contributed by atoms with Crippen LogP contribution in [0.1, 0.15) is 5.56 Å². The molecule has 2 nitrogen and oxygen atoms in total. The van der Waals surface area contributed by atoms with Crippen molar-refractivity contribution in [3.8, 4) is 0 Å². The number of ether oxygens (including phenoxy) is 1. The van der Waals surface area contributed by atoms with E-state index < -0.39 is 34.6 Å². The van der Waals surface area contributed by atoms with Crippen LogP contribution >= 0.6 is 11.6 Å². The van der Waals surface area contributed by atoms with E-state index >= 15 is 0 Å². The molecule has 0 unspecified atom stereocenters. The Bertz CT molecular complexity index is 435. The van der Waals surface area contributed by atoms with Crippen LogP contribution in [0.3, 0.4) is 0 Å². The Hall–Kier alpha value is -1.37. The van der Waals surface area contributed by atoms with Crippen LogP contribution in [0.4, 0.5) is 26.7 Å². The van der Waals surface area contributed by atoms with Crippen LogP contribution in [0.2, 0.25) is 0 Å². The van der Waals surface area contributed by atoms with E-state index in [2.05, 4.69) is 16.3 Å². The minimum Gasteiger partial charge on any atom is -0.384 e. The lowest BCUT2D eigenvalue weighted by molar-refractivity contribution is -0.204. The molecule has 0 saturated heterocycles. The van der Waals surface area contributed by atoms with Crippen molar-refractivity contribution in [3.05, 3.63) is 35.1 Å². The third-order valence-corrected chi connectivity index (χ3v) is 1.63. The van der Waals surface area contributed by atoms with Crippen LogP contribution in [0.15, 0.2) is 12.1 Å². The van der Waals surface area contributed by atoms with Crippen LogP contribution in [0.5, 0.6) is 0 Å². The van der Waals surface area contributed by atoms with Crippen LogP contribution in [0.25, 0.3) is 0 Å². The monoisotopic (exact) mass is 260 g/mol. The molecule has 0 atom stereocenters. The van der Waals surface area contributed by atoms with Crippen LogP contribution < -0.4 is 0 Å². The van der Waals surface area contributed by atoms with Crippen molar-refractivity contribution in [2.75, 3.05) is 0 Å². The van der Waals surface area contributed by atoms with Crippen LogP contribution in [-0.2, 0) is 10.8 Å². The summed E-state index contributed by atoms with van der Waals surface area (Å²) >= 11 is 4.50.